The number of pyridine rings is 1. The fourth-order valence-electron chi connectivity index (χ4n) is 2.96. The van der Waals surface area contributed by atoms with E-state index >= 15 is 0 Å². The zero-order chi connectivity index (χ0) is 22.7. The number of halogens is 6. The van der Waals surface area contributed by atoms with Gasteiger partial charge in [-0.25, -0.2) is 4.39 Å². The molecule has 0 spiro atoms. The fraction of sp³-hybridized carbons (Fsp3) is 0.429. The van der Waals surface area contributed by atoms with Crippen LogP contribution in [0.1, 0.15) is 48.0 Å². The molecule has 2 aromatic rings. The van der Waals surface area contributed by atoms with Crippen molar-refractivity contribution < 1.29 is 27.5 Å². The molecule has 0 bridgehead atoms. The Morgan fingerprint density at radius 1 is 1.16 bits per heavy atom. The van der Waals surface area contributed by atoms with Gasteiger partial charge < -0.3 is 16.2 Å². The highest BCUT2D eigenvalue weighted by Crippen LogP contribution is 2.33. The Morgan fingerprint density at radius 2 is 1.78 bits per heavy atom. The van der Waals surface area contributed by atoms with Crippen LogP contribution in [-0.4, -0.2) is 33.7 Å². The van der Waals surface area contributed by atoms with E-state index in [2.05, 4.69) is 10.3 Å². The number of alkyl halides is 3. The van der Waals surface area contributed by atoms with Crippen LogP contribution >= 0.6 is 24.8 Å². The first-order valence-corrected chi connectivity index (χ1v) is 9.33. The first-order chi connectivity index (χ1) is 13.8. The lowest BCUT2D eigenvalue weighted by atomic mass is 9.94. The lowest BCUT2D eigenvalue weighted by molar-refractivity contribution is -0.138. The fourth-order valence-corrected chi connectivity index (χ4v) is 2.96. The average molecular weight is 500 g/mol. The maximum absolute atomic E-state index is 13.5. The Labute approximate surface area is 196 Å². The number of benzene rings is 1. The number of hydrogen-bond acceptors (Lipinski definition) is 4. The van der Waals surface area contributed by atoms with Crippen LogP contribution in [-0.2, 0) is 19.0 Å². The molecule has 5 nitrogen and oxygen atoms in total. The molecule has 1 amide bonds. The lowest BCUT2D eigenvalue weighted by Crippen LogP contribution is -2.42. The van der Waals surface area contributed by atoms with E-state index in [-0.39, 0.29) is 48.1 Å². The molecule has 1 aromatic heterocycles. The second kappa shape index (κ2) is 11.8. The quantitative estimate of drug-likeness (QED) is 0.522. The molecule has 11 heteroatoms. The van der Waals surface area contributed by atoms with Crippen molar-refractivity contribution in [3.8, 4) is 0 Å². The van der Waals surface area contributed by atoms with Gasteiger partial charge in [-0.1, -0.05) is 0 Å². The molecule has 0 aliphatic heterocycles. The third kappa shape index (κ3) is 8.54. The van der Waals surface area contributed by atoms with Crippen molar-refractivity contribution in [1.82, 2.24) is 10.3 Å². The average Bonchev–Trinajstić information content (AvgIpc) is 2.59. The number of hydrogen-bond donors (Lipinski definition) is 3. The van der Waals surface area contributed by atoms with Crippen LogP contribution in [0.25, 0.3) is 0 Å². The summed E-state index contributed by atoms with van der Waals surface area (Å²) in [6.45, 7) is 5.43. The molecular weight excluding hydrogens is 473 g/mol. The molecule has 1 aromatic carbocycles. The third-order valence-corrected chi connectivity index (χ3v) is 4.35. The van der Waals surface area contributed by atoms with E-state index in [1.54, 1.807) is 6.07 Å². The first kappa shape index (κ1) is 30.1. The van der Waals surface area contributed by atoms with Crippen LogP contribution < -0.4 is 11.1 Å². The molecule has 4 N–H and O–H groups in total. The van der Waals surface area contributed by atoms with E-state index < -0.39 is 47.6 Å². The molecule has 0 saturated carbocycles. The van der Waals surface area contributed by atoms with E-state index in [0.717, 1.165) is 12.1 Å². The van der Waals surface area contributed by atoms with Gasteiger partial charge in [0.2, 0.25) is 0 Å². The number of aliphatic hydroxyl groups is 1. The van der Waals surface area contributed by atoms with Crippen LogP contribution in [0.15, 0.2) is 36.5 Å². The highest BCUT2D eigenvalue weighted by Gasteiger charge is 2.34. The Morgan fingerprint density at radius 3 is 2.34 bits per heavy atom. The van der Waals surface area contributed by atoms with Crippen LogP contribution in [0.4, 0.5) is 17.6 Å². The molecule has 2 atom stereocenters. The smallest absolute Gasteiger partial charge is 0.391 e. The molecule has 2 rings (SSSR count). The van der Waals surface area contributed by atoms with E-state index in [0.29, 0.717) is 6.07 Å². The summed E-state index contributed by atoms with van der Waals surface area (Å²) in [6.07, 6.45) is -5.08. The molecule has 0 radical (unpaired) electrons. The number of rotatable bonds is 6. The van der Waals surface area contributed by atoms with Gasteiger partial charge in [0, 0.05) is 24.2 Å². The Bertz CT molecular complexity index is 905. The SMILES string of the molecule is CC(C)(C)NC(=O)c1cccnc1CC(O)C(N)Cc1cc(F)ccc1C(F)(F)F.Cl.Cl. The summed E-state index contributed by atoms with van der Waals surface area (Å²) in [5.41, 5.74) is 4.57. The van der Waals surface area contributed by atoms with Crippen LogP contribution in [0.5, 0.6) is 0 Å². The van der Waals surface area contributed by atoms with Crippen LogP contribution in [0.3, 0.4) is 0 Å². The van der Waals surface area contributed by atoms with Gasteiger partial charge >= 0.3 is 6.18 Å². The maximum Gasteiger partial charge on any atom is 0.416 e. The van der Waals surface area contributed by atoms with Gasteiger partial charge in [0.25, 0.3) is 5.91 Å². The van der Waals surface area contributed by atoms with E-state index in [1.165, 1.54) is 12.3 Å². The van der Waals surface area contributed by atoms with Gasteiger partial charge in [-0.2, -0.15) is 13.2 Å². The number of carbonyl (C=O) groups is 1. The predicted octanol–water partition coefficient (Wildman–Crippen LogP) is 4.08. The molecule has 0 saturated heterocycles. The Kier molecular flexibility index (Phi) is 11.1. The Balaban J connectivity index is 0.00000480. The summed E-state index contributed by atoms with van der Waals surface area (Å²) in [4.78, 5) is 16.6. The first-order valence-electron chi connectivity index (χ1n) is 9.33. The molecule has 32 heavy (non-hydrogen) atoms. The largest absolute Gasteiger partial charge is 0.416 e. The molecule has 0 fully saturated rings. The summed E-state index contributed by atoms with van der Waals surface area (Å²) >= 11 is 0. The summed E-state index contributed by atoms with van der Waals surface area (Å²) in [7, 11) is 0. The van der Waals surface area contributed by atoms with E-state index in [4.69, 9.17) is 5.73 Å². The zero-order valence-corrected chi connectivity index (χ0v) is 19.4. The van der Waals surface area contributed by atoms with Gasteiger partial charge in [0.15, 0.2) is 0 Å². The van der Waals surface area contributed by atoms with Crippen molar-refractivity contribution in [3.63, 3.8) is 0 Å². The zero-order valence-electron chi connectivity index (χ0n) is 17.7. The normalized spacial score (nSPS) is 13.4. The topological polar surface area (TPSA) is 88.2 Å². The summed E-state index contributed by atoms with van der Waals surface area (Å²) in [6, 6.07) is 4.11. The molecular formula is C21H27Cl2F4N3O2. The van der Waals surface area contributed by atoms with Crippen molar-refractivity contribution >= 4 is 30.7 Å². The molecule has 0 aliphatic rings. The van der Waals surface area contributed by atoms with Gasteiger partial charge in [0.05, 0.1) is 22.9 Å². The van der Waals surface area contributed by atoms with E-state index in [9.17, 15) is 27.5 Å². The summed E-state index contributed by atoms with van der Waals surface area (Å²) in [5.74, 6) is -1.22. The molecule has 2 unspecified atom stereocenters. The summed E-state index contributed by atoms with van der Waals surface area (Å²) in [5, 5.41) is 13.3. The molecule has 1 heterocycles. The number of amides is 1. The van der Waals surface area contributed by atoms with Gasteiger partial charge in [-0.15, -0.1) is 24.8 Å². The van der Waals surface area contributed by atoms with Crippen molar-refractivity contribution in [3.05, 3.63) is 64.7 Å². The van der Waals surface area contributed by atoms with Crippen molar-refractivity contribution in [2.75, 3.05) is 0 Å². The highest BCUT2D eigenvalue weighted by molar-refractivity contribution is 5.95. The maximum atomic E-state index is 13.5. The number of aromatic nitrogens is 1. The van der Waals surface area contributed by atoms with Crippen LogP contribution in [0, 0.1) is 5.82 Å². The monoisotopic (exact) mass is 499 g/mol. The lowest BCUT2D eigenvalue weighted by Gasteiger charge is -2.23. The predicted molar refractivity (Wildman–Crippen MR) is 119 cm³/mol. The van der Waals surface area contributed by atoms with E-state index in [1.807, 2.05) is 20.8 Å². The van der Waals surface area contributed by atoms with Crippen LogP contribution in [0.2, 0.25) is 0 Å². The van der Waals surface area contributed by atoms with Crippen molar-refractivity contribution in [1.29, 1.82) is 0 Å². The number of carbonyl (C=O) groups excluding carboxylic acids is 1. The minimum Gasteiger partial charge on any atom is -0.391 e. The van der Waals surface area contributed by atoms with Gasteiger partial charge in [-0.05, 0) is 63.1 Å². The van der Waals surface area contributed by atoms with Gasteiger partial charge in [-0.3, -0.25) is 9.78 Å². The van der Waals surface area contributed by atoms with Crippen molar-refractivity contribution in [2.45, 2.75) is 57.5 Å². The summed E-state index contributed by atoms with van der Waals surface area (Å²) < 4.78 is 53.0. The van der Waals surface area contributed by atoms with Gasteiger partial charge in [0.1, 0.15) is 5.82 Å². The van der Waals surface area contributed by atoms with Crippen molar-refractivity contribution in [2.24, 2.45) is 5.73 Å². The second-order valence-corrected chi connectivity index (χ2v) is 8.14. The minimum absolute atomic E-state index is 0. The number of aliphatic hydroxyl groups excluding tert-OH is 1. The highest BCUT2D eigenvalue weighted by atomic mass is 35.5. The molecule has 180 valence electrons. The standard InChI is InChI=1S/C21H25F4N3O2.2ClH/c1-20(2,3)28-19(30)14-5-4-8-27-17(14)11-18(29)16(26)10-12-9-13(22)6-7-15(12)21(23,24)25;;/h4-9,16,18,29H,10-11,26H2,1-3H3,(H,28,30);2*1H. The molecule has 0 aliphatic carbocycles. The number of nitrogens with zero attached hydrogens (tertiary/aromatic N) is 1. The third-order valence-electron chi connectivity index (χ3n) is 4.35. The Hall–Kier alpha value is -1.94. The number of nitrogens with two attached hydrogens (primary N) is 1. The second-order valence-electron chi connectivity index (χ2n) is 8.14. The minimum atomic E-state index is -4.67. The number of nitrogens with one attached hydrogen (secondary N) is 1.